The Morgan fingerprint density at radius 3 is 2.68 bits per heavy atom. The molecule has 0 unspecified atom stereocenters. The molecule has 0 bridgehead atoms. The number of sulfonamides is 1. The number of fused-ring (bicyclic) bond motifs is 1. The molecule has 0 saturated carbocycles. The van der Waals surface area contributed by atoms with E-state index >= 15 is 0 Å². The van der Waals surface area contributed by atoms with Crippen molar-refractivity contribution in [3.8, 4) is 0 Å². The molecule has 7 heteroatoms. The molecule has 152 valence electrons. The van der Waals surface area contributed by atoms with E-state index in [0.717, 1.165) is 26.1 Å². The van der Waals surface area contributed by atoms with E-state index in [-0.39, 0.29) is 6.04 Å². The fourth-order valence-corrected chi connectivity index (χ4v) is 6.45. The topological polar surface area (TPSA) is 52.7 Å². The van der Waals surface area contributed by atoms with E-state index in [1.54, 1.807) is 17.5 Å². The fraction of sp³-hybridized carbons (Fsp3) is 0.524. The summed E-state index contributed by atoms with van der Waals surface area (Å²) in [7, 11) is -1.30. The van der Waals surface area contributed by atoms with Gasteiger partial charge in [-0.25, -0.2) is 13.1 Å². The van der Waals surface area contributed by atoms with Gasteiger partial charge in [-0.15, -0.1) is 11.3 Å². The largest absolute Gasteiger partial charge is 0.374 e. The van der Waals surface area contributed by atoms with Gasteiger partial charge in [-0.2, -0.15) is 0 Å². The number of nitrogens with zero attached hydrogens (tertiary/aromatic N) is 2. The molecule has 0 aliphatic carbocycles. The predicted molar refractivity (Wildman–Crippen MR) is 116 cm³/mol. The van der Waals surface area contributed by atoms with E-state index in [2.05, 4.69) is 39.8 Å². The van der Waals surface area contributed by atoms with Gasteiger partial charge in [-0.1, -0.05) is 24.6 Å². The second-order valence-corrected chi connectivity index (χ2v) is 10.8. The van der Waals surface area contributed by atoms with Crippen LogP contribution in [0.5, 0.6) is 0 Å². The lowest BCUT2D eigenvalue weighted by Gasteiger charge is -2.36. The normalized spacial score (nSPS) is 19.4. The number of anilines is 1. The smallest absolute Gasteiger partial charge is 0.250 e. The van der Waals surface area contributed by atoms with Crippen molar-refractivity contribution in [3.05, 3.63) is 46.8 Å². The Morgan fingerprint density at radius 1 is 1.11 bits per heavy atom. The van der Waals surface area contributed by atoms with E-state index in [1.165, 1.54) is 53.8 Å². The van der Waals surface area contributed by atoms with Crippen LogP contribution >= 0.6 is 11.3 Å². The molecule has 0 radical (unpaired) electrons. The SMILES string of the molecule is CN1CCCc2cc([C@@H](CNS(=O)(=O)c3cccs3)N3CCCCC3)ccc21. The summed E-state index contributed by atoms with van der Waals surface area (Å²) in [6.45, 7) is 3.57. The number of rotatable bonds is 6. The Morgan fingerprint density at radius 2 is 1.93 bits per heavy atom. The minimum Gasteiger partial charge on any atom is -0.374 e. The highest BCUT2D eigenvalue weighted by molar-refractivity contribution is 7.91. The van der Waals surface area contributed by atoms with Crippen LogP contribution in [0.15, 0.2) is 39.9 Å². The van der Waals surface area contributed by atoms with Crippen LogP contribution in [-0.4, -0.2) is 46.5 Å². The molecule has 2 aliphatic rings. The highest BCUT2D eigenvalue weighted by atomic mass is 32.2. The number of benzene rings is 1. The average Bonchev–Trinajstić information content (AvgIpc) is 3.25. The molecule has 5 nitrogen and oxygen atoms in total. The van der Waals surface area contributed by atoms with Gasteiger partial charge in [0.05, 0.1) is 0 Å². The molecule has 0 amide bonds. The quantitative estimate of drug-likeness (QED) is 0.777. The molecule has 3 heterocycles. The Labute approximate surface area is 172 Å². The van der Waals surface area contributed by atoms with Crippen molar-refractivity contribution in [2.24, 2.45) is 0 Å². The lowest BCUT2D eigenvalue weighted by Crippen LogP contribution is -2.40. The first-order valence-electron chi connectivity index (χ1n) is 10.2. The molecule has 1 fully saturated rings. The van der Waals surface area contributed by atoms with Gasteiger partial charge in [-0.05, 0) is 67.4 Å². The van der Waals surface area contributed by atoms with Crippen molar-refractivity contribution >= 4 is 27.0 Å². The number of aryl methyl sites for hydroxylation is 1. The standard InChI is InChI=1S/C21H29N3O2S2/c1-23-11-5-7-17-15-18(9-10-19(17)23)20(24-12-3-2-4-13-24)16-22-28(25,26)21-8-6-14-27-21/h6,8-10,14-15,20,22H,2-5,7,11-13,16H2,1H3/t20-/m1/s1. The van der Waals surface area contributed by atoms with E-state index in [1.807, 2.05) is 0 Å². The number of nitrogens with one attached hydrogen (secondary N) is 1. The Hall–Kier alpha value is -1.41. The summed E-state index contributed by atoms with van der Waals surface area (Å²) in [6, 6.07) is 10.2. The number of hydrogen-bond donors (Lipinski definition) is 1. The van der Waals surface area contributed by atoms with Gasteiger partial charge >= 0.3 is 0 Å². The van der Waals surface area contributed by atoms with Crippen LogP contribution in [0.2, 0.25) is 0 Å². The third kappa shape index (κ3) is 4.27. The summed E-state index contributed by atoms with van der Waals surface area (Å²) < 4.78 is 28.6. The molecule has 0 spiro atoms. The van der Waals surface area contributed by atoms with Gasteiger partial charge in [0.25, 0.3) is 0 Å². The van der Waals surface area contributed by atoms with Crippen LogP contribution in [0.1, 0.15) is 42.9 Å². The predicted octanol–water partition coefficient (Wildman–Crippen LogP) is 3.64. The summed E-state index contributed by atoms with van der Waals surface area (Å²) in [5.74, 6) is 0. The van der Waals surface area contributed by atoms with Gasteiger partial charge in [0, 0.05) is 31.9 Å². The minimum atomic E-state index is -3.45. The van der Waals surface area contributed by atoms with Crippen molar-refractivity contribution in [3.63, 3.8) is 0 Å². The van der Waals surface area contributed by atoms with E-state index in [0.29, 0.717) is 10.8 Å². The van der Waals surface area contributed by atoms with Gasteiger partial charge in [-0.3, -0.25) is 4.90 Å². The van der Waals surface area contributed by atoms with Crippen molar-refractivity contribution in [2.75, 3.05) is 38.1 Å². The lowest BCUT2D eigenvalue weighted by molar-refractivity contribution is 0.164. The van der Waals surface area contributed by atoms with Crippen molar-refractivity contribution in [2.45, 2.75) is 42.4 Å². The molecule has 1 aromatic carbocycles. The minimum absolute atomic E-state index is 0.0765. The Bertz CT molecular complexity index is 890. The molecular weight excluding hydrogens is 390 g/mol. The first-order valence-corrected chi connectivity index (χ1v) is 12.5. The maximum Gasteiger partial charge on any atom is 0.250 e. The maximum absolute atomic E-state index is 12.7. The van der Waals surface area contributed by atoms with E-state index < -0.39 is 10.0 Å². The fourth-order valence-electron chi connectivity index (χ4n) is 4.38. The highest BCUT2D eigenvalue weighted by Crippen LogP contribution is 2.32. The van der Waals surface area contributed by atoms with E-state index in [9.17, 15) is 8.42 Å². The number of hydrogen-bond acceptors (Lipinski definition) is 5. The monoisotopic (exact) mass is 419 g/mol. The maximum atomic E-state index is 12.7. The molecule has 28 heavy (non-hydrogen) atoms. The summed E-state index contributed by atoms with van der Waals surface area (Å²) in [5, 5.41) is 1.80. The molecular formula is C21H29N3O2S2. The zero-order valence-corrected chi connectivity index (χ0v) is 18.1. The van der Waals surface area contributed by atoms with Crippen LogP contribution < -0.4 is 9.62 Å². The van der Waals surface area contributed by atoms with Gasteiger partial charge in [0.2, 0.25) is 10.0 Å². The molecule has 2 aromatic rings. The van der Waals surface area contributed by atoms with Crippen LogP contribution in [0, 0.1) is 0 Å². The lowest BCUT2D eigenvalue weighted by atomic mass is 9.95. The number of thiophene rings is 1. The zero-order valence-electron chi connectivity index (χ0n) is 16.4. The van der Waals surface area contributed by atoms with Gasteiger partial charge < -0.3 is 4.90 Å². The average molecular weight is 420 g/mol. The first-order chi connectivity index (χ1) is 13.5. The summed E-state index contributed by atoms with van der Waals surface area (Å²) in [6.07, 6.45) is 5.90. The molecule has 1 N–H and O–H groups in total. The second-order valence-electron chi connectivity index (χ2n) is 7.81. The van der Waals surface area contributed by atoms with Crippen molar-refractivity contribution in [1.29, 1.82) is 0 Å². The Kier molecular flexibility index (Phi) is 6.06. The van der Waals surface area contributed by atoms with E-state index in [4.69, 9.17) is 0 Å². The van der Waals surface area contributed by atoms with Crippen molar-refractivity contribution in [1.82, 2.24) is 9.62 Å². The summed E-state index contributed by atoms with van der Waals surface area (Å²) in [5.41, 5.74) is 3.92. The third-order valence-electron chi connectivity index (χ3n) is 5.90. The van der Waals surface area contributed by atoms with Crippen LogP contribution in [-0.2, 0) is 16.4 Å². The van der Waals surface area contributed by atoms with Crippen LogP contribution in [0.3, 0.4) is 0 Å². The second kappa shape index (κ2) is 8.53. The first kappa shape index (κ1) is 19.9. The summed E-state index contributed by atoms with van der Waals surface area (Å²) >= 11 is 1.26. The van der Waals surface area contributed by atoms with Gasteiger partial charge in [0.15, 0.2) is 0 Å². The molecule has 2 aliphatic heterocycles. The molecule has 1 saturated heterocycles. The van der Waals surface area contributed by atoms with Crippen molar-refractivity contribution < 1.29 is 8.42 Å². The summed E-state index contributed by atoms with van der Waals surface area (Å²) in [4.78, 5) is 4.77. The van der Waals surface area contributed by atoms with Gasteiger partial charge in [0.1, 0.15) is 4.21 Å². The van der Waals surface area contributed by atoms with Crippen LogP contribution in [0.25, 0.3) is 0 Å². The highest BCUT2D eigenvalue weighted by Gasteiger charge is 2.26. The Balaban J connectivity index is 1.59. The molecule has 1 atom stereocenters. The molecule has 1 aromatic heterocycles. The van der Waals surface area contributed by atoms with Crippen LogP contribution in [0.4, 0.5) is 5.69 Å². The number of piperidine rings is 1. The zero-order chi connectivity index (χ0) is 19.6. The molecule has 4 rings (SSSR count). The third-order valence-corrected chi connectivity index (χ3v) is 8.72. The number of likely N-dealkylation sites (tertiary alicyclic amines) is 1.